The van der Waals surface area contributed by atoms with Gasteiger partial charge in [-0.3, -0.25) is 0 Å². The van der Waals surface area contributed by atoms with Crippen molar-refractivity contribution in [1.82, 2.24) is 4.90 Å². The molecule has 1 aromatic rings. The van der Waals surface area contributed by atoms with Gasteiger partial charge in [0.2, 0.25) is 0 Å². The van der Waals surface area contributed by atoms with Gasteiger partial charge in [-0.2, -0.15) is 0 Å². The number of carbonyl (C=O) groups is 1. The second-order valence-corrected chi connectivity index (χ2v) is 4.75. The lowest BCUT2D eigenvalue weighted by Crippen LogP contribution is -2.41. The Kier molecular flexibility index (Phi) is 3.79. The van der Waals surface area contributed by atoms with E-state index in [9.17, 15) is 13.6 Å². The summed E-state index contributed by atoms with van der Waals surface area (Å²) in [6, 6.07) is 2.64. The predicted molar refractivity (Wildman–Crippen MR) is 65.3 cm³/mol. The number of piperidine rings is 1. The van der Waals surface area contributed by atoms with E-state index >= 15 is 0 Å². The molecule has 98 valence electrons. The molecule has 0 saturated carbocycles. The van der Waals surface area contributed by atoms with Gasteiger partial charge in [-0.05, 0) is 30.9 Å². The maximum Gasteiger partial charge on any atom is 0.321 e. The topological polar surface area (TPSA) is 32.3 Å². The van der Waals surface area contributed by atoms with Crippen LogP contribution in [0.4, 0.5) is 19.3 Å². The molecule has 0 bridgehead atoms. The summed E-state index contributed by atoms with van der Waals surface area (Å²) in [5.74, 6) is -0.754. The molecule has 1 aliphatic heterocycles. The summed E-state index contributed by atoms with van der Waals surface area (Å²) in [6.07, 6.45) is 2.04. The molecule has 2 amide bonds. The van der Waals surface area contributed by atoms with E-state index in [4.69, 9.17) is 0 Å². The minimum absolute atomic E-state index is 0.113. The summed E-state index contributed by atoms with van der Waals surface area (Å²) < 4.78 is 26.3. The first-order chi connectivity index (χ1) is 8.56. The van der Waals surface area contributed by atoms with Crippen molar-refractivity contribution in [3.05, 3.63) is 29.8 Å². The van der Waals surface area contributed by atoms with E-state index in [1.165, 1.54) is 0 Å². The van der Waals surface area contributed by atoms with Crippen LogP contribution in [0.25, 0.3) is 0 Å². The lowest BCUT2D eigenvalue weighted by Gasteiger charge is -2.30. The van der Waals surface area contributed by atoms with Gasteiger partial charge in [0.15, 0.2) is 0 Å². The smallest absolute Gasteiger partial charge is 0.321 e. The number of hydrogen-bond acceptors (Lipinski definition) is 1. The molecule has 18 heavy (non-hydrogen) atoms. The Balaban J connectivity index is 2.04. The van der Waals surface area contributed by atoms with Gasteiger partial charge < -0.3 is 10.2 Å². The molecule has 1 N–H and O–H groups in total. The summed E-state index contributed by atoms with van der Waals surface area (Å²) in [7, 11) is 0. The highest BCUT2D eigenvalue weighted by Crippen LogP contribution is 2.19. The number of nitrogens with zero attached hydrogens (tertiary/aromatic N) is 1. The summed E-state index contributed by atoms with van der Waals surface area (Å²) in [5, 5.41) is 2.41. The van der Waals surface area contributed by atoms with Gasteiger partial charge in [0.25, 0.3) is 0 Å². The Labute approximate surface area is 105 Å². The second-order valence-electron chi connectivity index (χ2n) is 4.75. The van der Waals surface area contributed by atoms with E-state index in [-0.39, 0.29) is 11.7 Å². The van der Waals surface area contributed by atoms with Crippen molar-refractivity contribution in [1.29, 1.82) is 0 Å². The monoisotopic (exact) mass is 254 g/mol. The van der Waals surface area contributed by atoms with Crippen LogP contribution in [-0.2, 0) is 0 Å². The van der Waals surface area contributed by atoms with Crippen LogP contribution in [0.1, 0.15) is 19.8 Å². The largest absolute Gasteiger partial charge is 0.324 e. The first-order valence-corrected chi connectivity index (χ1v) is 6.07. The highest BCUT2D eigenvalue weighted by Gasteiger charge is 2.21. The zero-order valence-electron chi connectivity index (χ0n) is 10.2. The van der Waals surface area contributed by atoms with Crippen molar-refractivity contribution in [2.45, 2.75) is 19.8 Å². The minimum atomic E-state index is -0.630. The molecule has 3 nitrogen and oxygen atoms in total. The Morgan fingerprint density at radius 2 is 2.22 bits per heavy atom. The third-order valence-corrected chi connectivity index (χ3v) is 3.11. The zero-order chi connectivity index (χ0) is 13.1. The van der Waals surface area contributed by atoms with Gasteiger partial charge in [0.05, 0.1) is 5.69 Å². The Hall–Kier alpha value is -1.65. The van der Waals surface area contributed by atoms with Gasteiger partial charge in [-0.15, -0.1) is 0 Å². The van der Waals surface area contributed by atoms with Crippen molar-refractivity contribution in [3.8, 4) is 0 Å². The molecule has 2 rings (SSSR count). The van der Waals surface area contributed by atoms with Crippen LogP contribution >= 0.6 is 0 Å². The van der Waals surface area contributed by atoms with Gasteiger partial charge in [0.1, 0.15) is 11.6 Å². The normalized spacial score (nSPS) is 19.7. The highest BCUT2D eigenvalue weighted by atomic mass is 19.1. The van der Waals surface area contributed by atoms with E-state index in [1.54, 1.807) is 4.90 Å². The second kappa shape index (κ2) is 5.33. The van der Waals surface area contributed by atoms with Gasteiger partial charge in [-0.1, -0.05) is 6.92 Å². The fourth-order valence-corrected chi connectivity index (χ4v) is 2.16. The molecule has 0 radical (unpaired) electrons. The predicted octanol–water partition coefficient (Wildman–Crippen LogP) is 3.23. The van der Waals surface area contributed by atoms with Gasteiger partial charge >= 0.3 is 6.03 Å². The van der Waals surface area contributed by atoms with E-state index in [1.807, 2.05) is 0 Å². The fraction of sp³-hybridized carbons (Fsp3) is 0.462. The summed E-state index contributed by atoms with van der Waals surface area (Å²) in [5.41, 5.74) is -0.113. The van der Waals surface area contributed by atoms with E-state index < -0.39 is 11.6 Å². The Morgan fingerprint density at radius 1 is 1.44 bits per heavy atom. The minimum Gasteiger partial charge on any atom is -0.324 e. The van der Waals surface area contributed by atoms with Crippen molar-refractivity contribution in [3.63, 3.8) is 0 Å². The zero-order valence-corrected chi connectivity index (χ0v) is 10.2. The number of halogens is 2. The third-order valence-electron chi connectivity index (χ3n) is 3.11. The van der Waals surface area contributed by atoms with Crippen LogP contribution in [-0.4, -0.2) is 24.0 Å². The maximum absolute atomic E-state index is 13.4. The lowest BCUT2D eigenvalue weighted by atomic mass is 10.0. The third kappa shape index (κ3) is 2.97. The van der Waals surface area contributed by atoms with Crippen molar-refractivity contribution in [2.75, 3.05) is 18.4 Å². The van der Waals surface area contributed by atoms with Crippen LogP contribution in [0.3, 0.4) is 0 Å². The maximum atomic E-state index is 13.4. The molecule has 1 aliphatic rings. The van der Waals surface area contributed by atoms with Gasteiger partial charge in [0, 0.05) is 19.2 Å². The Morgan fingerprint density at radius 3 is 2.94 bits per heavy atom. The number of nitrogens with one attached hydrogen (secondary N) is 1. The molecule has 0 spiro atoms. The van der Waals surface area contributed by atoms with Crippen molar-refractivity contribution >= 4 is 11.7 Å². The molecule has 5 heteroatoms. The Bertz CT molecular complexity index is 451. The van der Waals surface area contributed by atoms with Gasteiger partial charge in [-0.25, -0.2) is 13.6 Å². The number of anilines is 1. The number of amides is 2. The number of benzene rings is 1. The number of carbonyl (C=O) groups excluding carboxylic acids is 1. The number of likely N-dealkylation sites (tertiary alicyclic amines) is 1. The molecular formula is C13H16F2N2O. The molecule has 1 saturated heterocycles. The van der Waals surface area contributed by atoms with E-state index in [0.29, 0.717) is 19.0 Å². The first kappa shape index (κ1) is 12.8. The SMILES string of the molecule is C[C@@H]1CCCN(C(=O)Nc2cc(F)ccc2F)C1. The first-order valence-electron chi connectivity index (χ1n) is 6.07. The van der Waals surface area contributed by atoms with Crippen LogP contribution < -0.4 is 5.32 Å². The van der Waals surface area contributed by atoms with E-state index in [2.05, 4.69) is 12.2 Å². The van der Waals surface area contributed by atoms with E-state index in [0.717, 1.165) is 31.0 Å². The van der Waals surface area contributed by atoms with Crippen molar-refractivity contribution < 1.29 is 13.6 Å². The molecule has 0 aromatic heterocycles. The quantitative estimate of drug-likeness (QED) is 0.820. The fourth-order valence-electron chi connectivity index (χ4n) is 2.16. The number of urea groups is 1. The lowest BCUT2D eigenvalue weighted by molar-refractivity contribution is 0.182. The molecule has 1 heterocycles. The average molecular weight is 254 g/mol. The number of hydrogen-bond donors (Lipinski definition) is 1. The molecule has 0 unspecified atom stereocenters. The summed E-state index contributed by atoms with van der Waals surface area (Å²) >= 11 is 0. The average Bonchev–Trinajstić information content (AvgIpc) is 2.34. The molecule has 1 aromatic carbocycles. The summed E-state index contributed by atoms with van der Waals surface area (Å²) in [6.45, 7) is 3.39. The molecule has 0 aliphatic carbocycles. The summed E-state index contributed by atoms with van der Waals surface area (Å²) in [4.78, 5) is 13.5. The molecule has 1 atom stereocenters. The van der Waals surface area contributed by atoms with Crippen LogP contribution in [0.5, 0.6) is 0 Å². The molecular weight excluding hydrogens is 238 g/mol. The molecule has 1 fully saturated rings. The van der Waals surface area contributed by atoms with Crippen LogP contribution in [0, 0.1) is 17.6 Å². The van der Waals surface area contributed by atoms with Crippen LogP contribution in [0.2, 0.25) is 0 Å². The highest BCUT2D eigenvalue weighted by molar-refractivity contribution is 5.89. The van der Waals surface area contributed by atoms with Crippen LogP contribution in [0.15, 0.2) is 18.2 Å². The number of rotatable bonds is 1. The standard InChI is InChI=1S/C13H16F2N2O/c1-9-3-2-6-17(8-9)13(18)16-12-7-10(14)4-5-11(12)15/h4-5,7,9H,2-3,6,8H2,1H3,(H,16,18)/t9-/m1/s1. The van der Waals surface area contributed by atoms with Crippen molar-refractivity contribution in [2.24, 2.45) is 5.92 Å².